The lowest BCUT2D eigenvalue weighted by atomic mass is 9.89. The molecule has 3 atom stereocenters. The number of carbonyl (C=O) groups is 1. The van der Waals surface area contributed by atoms with Gasteiger partial charge < -0.3 is 10.6 Å². The first-order chi connectivity index (χ1) is 10.9. The van der Waals surface area contributed by atoms with Crippen LogP contribution in [0.25, 0.3) is 0 Å². The molecule has 3 fully saturated rings. The van der Waals surface area contributed by atoms with Gasteiger partial charge in [0.2, 0.25) is 5.91 Å². The normalized spacial score (nSPS) is 32.4. The molecule has 6 heteroatoms. The molecule has 3 rings (SSSR count). The maximum absolute atomic E-state index is 12.4. The monoisotopic (exact) mass is 393 g/mol. The number of likely N-dealkylation sites (tertiary alicyclic amines) is 1. The summed E-state index contributed by atoms with van der Waals surface area (Å²) in [5.41, 5.74) is 0.0670. The Labute approximate surface area is 166 Å². The second kappa shape index (κ2) is 9.77. The van der Waals surface area contributed by atoms with Gasteiger partial charge in [-0.25, -0.2) is 0 Å². The molecule has 0 radical (unpaired) electrons. The van der Waals surface area contributed by atoms with Gasteiger partial charge in [0.1, 0.15) is 0 Å². The van der Waals surface area contributed by atoms with Gasteiger partial charge in [-0.1, -0.05) is 6.92 Å². The van der Waals surface area contributed by atoms with Gasteiger partial charge in [0.05, 0.1) is 0 Å². The van der Waals surface area contributed by atoms with Crippen LogP contribution in [0.5, 0.6) is 0 Å². The number of nitrogens with zero attached hydrogens (tertiary/aromatic N) is 1. The molecule has 3 aliphatic rings. The molecule has 3 heterocycles. The van der Waals surface area contributed by atoms with Gasteiger partial charge in [0, 0.05) is 37.1 Å². The zero-order chi connectivity index (χ0) is 16.4. The van der Waals surface area contributed by atoms with Crippen LogP contribution in [-0.2, 0) is 4.79 Å². The first kappa shape index (κ1) is 23.0. The third-order valence-corrected chi connectivity index (χ3v) is 6.28. The number of nitrogens with one attached hydrogen (secondary N) is 2. The van der Waals surface area contributed by atoms with E-state index < -0.39 is 0 Å². The van der Waals surface area contributed by atoms with Crippen LogP contribution in [0.3, 0.4) is 0 Å². The van der Waals surface area contributed by atoms with E-state index >= 15 is 0 Å². The van der Waals surface area contributed by atoms with Crippen molar-refractivity contribution >= 4 is 30.7 Å². The molecule has 0 aromatic heterocycles. The lowest BCUT2D eigenvalue weighted by Crippen LogP contribution is -2.54. The molecule has 1 amide bonds. The van der Waals surface area contributed by atoms with Gasteiger partial charge >= 0.3 is 0 Å². The van der Waals surface area contributed by atoms with Crippen molar-refractivity contribution < 1.29 is 4.79 Å². The van der Waals surface area contributed by atoms with E-state index in [1.165, 1.54) is 51.6 Å². The van der Waals surface area contributed by atoms with Crippen molar-refractivity contribution in [1.82, 2.24) is 15.5 Å². The standard InChI is InChI=1S/C19H35N3O.2ClH/c1-14-5-4-8-22(12-14)19(2,3)13-20-18(23)11-15-9-16-6-7-17(10-15)21-16;;/h14-17,21H,4-13H2,1-3H3,(H,20,23);2*1H. The average molecular weight is 394 g/mol. The third-order valence-electron chi connectivity index (χ3n) is 6.28. The number of rotatable bonds is 5. The molecule has 0 aliphatic carbocycles. The Morgan fingerprint density at radius 3 is 2.40 bits per heavy atom. The van der Waals surface area contributed by atoms with Crippen molar-refractivity contribution in [3.05, 3.63) is 0 Å². The highest BCUT2D eigenvalue weighted by molar-refractivity contribution is 5.85. The Balaban J connectivity index is 0.00000156. The molecular weight excluding hydrogens is 357 g/mol. The van der Waals surface area contributed by atoms with Crippen LogP contribution in [0, 0.1) is 11.8 Å². The Hall–Kier alpha value is -0.0300. The third kappa shape index (κ3) is 6.27. The van der Waals surface area contributed by atoms with E-state index in [1.54, 1.807) is 0 Å². The summed E-state index contributed by atoms with van der Waals surface area (Å²) in [6, 6.07) is 1.36. The quantitative estimate of drug-likeness (QED) is 0.752. The maximum atomic E-state index is 12.4. The highest BCUT2D eigenvalue weighted by atomic mass is 35.5. The maximum Gasteiger partial charge on any atom is 0.220 e. The van der Waals surface area contributed by atoms with Crippen molar-refractivity contribution in [1.29, 1.82) is 0 Å². The van der Waals surface area contributed by atoms with Gasteiger partial charge in [-0.2, -0.15) is 0 Å². The van der Waals surface area contributed by atoms with Gasteiger partial charge in [-0.15, -0.1) is 24.8 Å². The summed E-state index contributed by atoms with van der Waals surface area (Å²) >= 11 is 0. The fraction of sp³-hybridized carbons (Fsp3) is 0.947. The Morgan fingerprint density at radius 1 is 1.16 bits per heavy atom. The van der Waals surface area contributed by atoms with Crippen LogP contribution in [0.2, 0.25) is 0 Å². The zero-order valence-corrected chi connectivity index (χ0v) is 17.7. The van der Waals surface area contributed by atoms with E-state index in [2.05, 4.69) is 36.3 Å². The SMILES string of the molecule is CC1CCCN(C(C)(C)CNC(=O)CC2CC3CCC(C2)N3)C1.Cl.Cl. The molecule has 0 aromatic carbocycles. The predicted octanol–water partition coefficient (Wildman–Crippen LogP) is 3.38. The van der Waals surface area contributed by atoms with Gasteiger partial charge in [-0.3, -0.25) is 9.69 Å². The van der Waals surface area contributed by atoms with E-state index in [9.17, 15) is 4.79 Å². The molecule has 0 aromatic rings. The van der Waals surface area contributed by atoms with Gasteiger partial charge in [-0.05, 0) is 70.8 Å². The van der Waals surface area contributed by atoms with Crippen molar-refractivity contribution in [3.63, 3.8) is 0 Å². The molecule has 148 valence electrons. The largest absolute Gasteiger partial charge is 0.354 e. The number of carbonyl (C=O) groups excluding carboxylic acids is 1. The molecular formula is C19H37Cl2N3O. The number of halogens is 2. The smallest absolute Gasteiger partial charge is 0.220 e. The molecule has 3 saturated heterocycles. The predicted molar refractivity (Wildman–Crippen MR) is 109 cm³/mol. The average Bonchev–Trinajstić information content (AvgIpc) is 2.84. The first-order valence-electron chi connectivity index (χ1n) is 9.70. The molecule has 25 heavy (non-hydrogen) atoms. The van der Waals surface area contributed by atoms with Gasteiger partial charge in [0.15, 0.2) is 0 Å². The Bertz CT molecular complexity index is 421. The molecule has 0 spiro atoms. The minimum Gasteiger partial charge on any atom is -0.354 e. The first-order valence-corrected chi connectivity index (χ1v) is 9.70. The van der Waals surface area contributed by atoms with Crippen LogP contribution in [0.1, 0.15) is 65.7 Å². The molecule has 3 unspecified atom stereocenters. The van der Waals surface area contributed by atoms with Crippen molar-refractivity contribution in [2.24, 2.45) is 11.8 Å². The van der Waals surface area contributed by atoms with Crippen LogP contribution >= 0.6 is 24.8 Å². The van der Waals surface area contributed by atoms with Crippen LogP contribution in [0.4, 0.5) is 0 Å². The summed E-state index contributed by atoms with van der Waals surface area (Å²) < 4.78 is 0. The number of hydrogen-bond acceptors (Lipinski definition) is 3. The number of hydrogen-bond donors (Lipinski definition) is 2. The fourth-order valence-corrected chi connectivity index (χ4v) is 4.84. The number of amides is 1. The van der Waals surface area contributed by atoms with Crippen LogP contribution in [-0.4, -0.2) is 48.1 Å². The van der Waals surface area contributed by atoms with Crippen LogP contribution < -0.4 is 10.6 Å². The highest BCUT2D eigenvalue weighted by Gasteiger charge is 2.35. The number of fused-ring (bicyclic) bond motifs is 2. The van der Waals surface area contributed by atoms with E-state index in [0.717, 1.165) is 18.9 Å². The summed E-state index contributed by atoms with van der Waals surface area (Å²) in [5, 5.41) is 6.89. The minimum absolute atomic E-state index is 0. The zero-order valence-electron chi connectivity index (χ0n) is 16.1. The van der Waals surface area contributed by atoms with E-state index in [4.69, 9.17) is 0 Å². The van der Waals surface area contributed by atoms with Crippen molar-refractivity contribution in [2.75, 3.05) is 19.6 Å². The van der Waals surface area contributed by atoms with Crippen molar-refractivity contribution in [2.45, 2.75) is 83.3 Å². The summed E-state index contributed by atoms with van der Waals surface area (Å²) in [7, 11) is 0. The summed E-state index contributed by atoms with van der Waals surface area (Å²) in [5.74, 6) is 1.63. The Kier molecular flexibility index (Phi) is 9.00. The summed E-state index contributed by atoms with van der Waals surface area (Å²) in [4.78, 5) is 15.0. The Morgan fingerprint density at radius 2 is 1.80 bits per heavy atom. The van der Waals surface area contributed by atoms with E-state index in [0.29, 0.717) is 18.0 Å². The minimum atomic E-state index is 0. The molecule has 2 N–H and O–H groups in total. The molecule has 3 aliphatic heterocycles. The highest BCUT2D eigenvalue weighted by Crippen LogP contribution is 2.32. The lowest BCUT2D eigenvalue weighted by Gasteiger charge is -2.43. The van der Waals surface area contributed by atoms with Gasteiger partial charge in [0.25, 0.3) is 0 Å². The molecule has 4 nitrogen and oxygen atoms in total. The fourth-order valence-electron chi connectivity index (χ4n) is 4.84. The van der Waals surface area contributed by atoms with E-state index in [-0.39, 0.29) is 36.3 Å². The summed E-state index contributed by atoms with van der Waals surface area (Å²) in [6.45, 7) is 10.0. The lowest BCUT2D eigenvalue weighted by molar-refractivity contribution is -0.123. The molecule has 2 bridgehead atoms. The number of piperidine rings is 2. The van der Waals surface area contributed by atoms with E-state index in [1.807, 2.05) is 0 Å². The summed E-state index contributed by atoms with van der Waals surface area (Å²) in [6.07, 6.45) is 8.36. The topological polar surface area (TPSA) is 44.4 Å². The van der Waals surface area contributed by atoms with Crippen LogP contribution in [0.15, 0.2) is 0 Å². The van der Waals surface area contributed by atoms with Crippen molar-refractivity contribution in [3.8, 4) is 0 Å². The molecule has 0 saturated carbocycles. The second-order valence-corrected chi connectivity index (χ2v) is 8.96. The second-order valence-electron chi connectivity index (χ2n) is 8.96.